The van der Waals surface area contributed by atoms with Gasteiger partial charge in [-0.2, -0.15) is 5.10 Å². The Balaban J connectivity index is 1.51. The highest BCUT2D eigenvalue weighted by atomic mass is 16.6. The number of rotatable bonds is 5. The number of aryl methyl sites for hydroxylation is 1. The lowest BCUT2D eigenvalue weighted by molar-refractivity contribution is -0.132. The molecule has 2 aromatic heterocycles. The van der Waals surface area contributed by atoms with Gasteiger partial charge in [0.15, 0.2) is 17.1 Å². The van der Waals surface area contributed by atoms with Gasteiger partial charge in [0.05, 0.1) is 6.20 Å². The van der Waals surface area contributed by atoms with E-state index in [-0.39, 0.29) is 18.0 Å². The predicted octanol–water partition coefficient (Wildman–Crippen LogP) is 0.950. The fourth-order valence-corrected chi connectivity index (χ4v) is 3.21. The van der Waals surface area contributed by atoms with Crippen LogP contribution in [0.2, 0.25) is 0 Å². The van der Waals surface area contributed by atoms with E-state index >= 15 is 0 Å². The van der Waals surface area contributed by atoms with Crippen molar-refractivity contribution in [3.05, 3.63) is 46.6 Å². The topological polar surface area (TPSA) is 91.5 Å². The van der Waals surface area contributed by atoms with E-state index in [1.807, 2.05) is 25.1 Å². The van der Waals surface area contributed by atoms with E-state index in [2.05, 4.69) is 10.1 Å². The van der Waals surface area contributed by atoms with E-state index in [1.54, 1.807) is 11.9 Å². The summed E-state index contributed by atoms with van der Waals surface area (Å²) in [6.07, 6.45) is 2.86. The van der Waals surface area contributed by atoms with Crippen molar-refractivity contribution in [2.24, 2.45) is 7.05 Å². The van der Waals surface area contributed by atoms with Crippen LogP contribution in [0.15, 0.2) is 35.5 Å². The van der Waals surface area contributed by atoms with Crippen LogP contribution in [0.4, 0.5) is 0 Å². The average molecular weight is 383 g/mol. The summed E-state index contributed by atoms with van der Waals surface area (Å²) in [6.45, 7) is 3.82. The number of carbonyl (C=O) groups is 1. The number of benzene rings is 1. The molecule has 0 fully saturated rings. The van der Waals surface area contributed by atoms with Gasteiger partial charge in [-0.1, -0.05) is 6.07 Å². The lowest BCUT2D eigenvalue weighted by atomic mass is 10.1. The highest BCUT2D eigenvalue weighted by Gasteiger charge is 2.17. The number of hydrogen-bond donors (Lipinski definition) is 0. The van der Waals surface area contributed by atoms with Gasteiger partial charge >= 0.3 is 0 Å². The van der Waals surface area contributed by atoms with E-state index in [1.165, 1.54) is 21.8 Å². The summed E-state index contributed by atoms with van der Waals surface area (Å²) in [5, 5.41) is 4.44. The molecular formula is C19H21N5O4. The molecule has 0 unspecified atom stereocenters. The van der Waals surface area contributed by atoms with Crippen LogP contribution in [0.3, 0.4) is 0 Å². The van der Waals surface area contributed by atoms with Crippen LogP contribution in [0.25, 0.3) is 11.0 Å². The minimum Gasteiger partial charge on any atom is -0.486 e. The van der Waals surface area contributed by atoms with Gasteiger partial charge in [-0.15, -0.1) is 0 Å². The molecule has 9 nitrogen and oxygen atoms in total. The Kier molecular flexibility index (Phi) is 4.72. The number of likely N-dealkylation sites (N-methyl/N-ethyl adjacent to an activating group) is 1. The van der Waals surface area contributed by atoms with Crippen molar-refractivity contribution >= 4 is 16.9 Å². The standard InChI is InChI=1S/C19H21N5O4/c1-3-23(10-13-4-5-15-16(8-13)28-7-6-27-15)17(25)11-24-12-20-18-14(19(24)26)9-21-22(18)2/h4-5,8-9,12H,3,6-7,10-11H2,1-2H3. The molecule has 0 aliphatic carbocycles. The molecule has 0 saturated heterocycles. The second-order valence-corrected chi connectivity index (χ2v) is 6.57. The van der Waals surface area contributed by atoms with Gasteiger partial charge in [0.1, 0.15) is 31.5 Å². The van der Waals surface area contributed by atoms with Crippen molar-refractivity contribution < 1.29 is 14.3 Å². The van der Waals surface area contributed by atoms with E-state index in [4.69, 9.17) is 9.47 Å². The van der Waals surface area contributed by atoms with Crippen molar-refractivity contribution in [1.29, 1.82) is 0 Å². The molecule has 0 saturated carbocycles. The first kappa shape index (κ1) is 18.0. The molecule has 3 heterocycles. The second-order valence-electron chi connectivity index (χ2n) is 6.57. The van der Waals surface area contributed by atoms with Crippen molar-refractivity contribution in [2.45, 2.75) is 20.0 Å². The maximum atomic E-state index is 12.8. The number of aromatic nitrogens is 4. The van der Waals surface area contributed by atoms with Crippen LogP contribution >= 0.6 is 0 Å². The first-order chi connectivity index (χ1) is 13.6. The molecule has 0 spiro atoms. The van der Waals surface area contributed by atoms with Gasteiger partial charge in [-0.05, 0) is 24.6 Å². The summed E-state index contributed by atoms with van der Waals surface area (Å²) < 4.78 is 14.0. The van der Waals surface area contributed by atoms with Crippen molar-refractivity contribution in [3.8, 4) is 11.5 Å². The third kappa shape index (κ3) is 3.30. The summed E-state index contributed by atoms with van der Waals surface area (Å²) >= 11 is 0. The molecule has 146 valence electrons. The molecule has 4 rings (SSSR count). The third-order valence-corrected chi connectivity index (χ3v) is 4.74. The summed E-state index contributed by atoms with van der Waals surface area (Å²) in [4.78, 5) is 31.3. The predicted molar refractivity (Wildman–Crippen MR) is 101 cm³/mol. The van der Waals surface area contributed by atoms with Gasteiger partial charge in [0.2, 0.25) is 5.91 Å². The molecule has 1 amide bonds. The zero-order valence-electron chi connectivity index (χ0n) is 15.8. The van der Waals surface area contributed by atoms with Crippen LogP contribution in [0.1, 0.15) is 12.5 Å². The molecule has 0 radical (unpaired) electrons. The molecule has 9 heteroatoms. The minimum atomic E-state index is -0.276. The Hall–Kier alpha value is -3.36. The van der Waals surface area contributed by atoms with Crippen molar-refractivity contribution in [1.82, 2.24) is 24.2 Å². The fourth-order valence-electron chi connectivity index (χ4n) is 3.21. The lowest BCUT2D eigenvalue weighted by Gasteiger charge is -2.23. The first-order valence-electron chi connectivity index (χ1n) is 9.10. The molecule has 1 aromatic carbocycles. The Morgan fingerprint density at radius 2 is 2.04 bits per heavy atom. The molecule has 0 bridgehead atoms. The van der Waals surface area contributed by atoms with Gasteiger partial charge in [-0.3, -0.25) is 18.8 Å². The number of ether oxygens (including phenoxy) is 2. The fraction of sp³-hybridized carbons (Fsp3) is 0.368. The first-order valence-corrected chi connectivity index (χ1v) is 9.10. The average Bonchev–Trinajstić information content (AvgIpc) is 3.09. The number of carbonyl (C=O) groups excluding carboxylic acids is 1. The Labute approximate surface area is 161 Å². The highest BCUT2D eigenvalue weighted by Crippen LogP contribution is 2.31. The molecule has 3 aromatic rings. The Morgan fingerprint density at radius 3 is 2.82 bits per heavy atom. The van der Waals surface area contributed by atoms with Gasteiger partial charge in [0.25, 0.3) is 5.56 Å². The van der Waals surface area contributed by atoms with Crippen LogP contribution in [-0.4, -0.2) is 49.9 Å². The van der Waals surface area contributed by atoms with Crippen LogP contribution in [0, 0.1) is 0 Å². The van der Waals surface area contributed by atoms with Crippen LogP contribution in [0.5, 0.6) is 11.5 Å². The lowest BCUT2D eigenvalue weighted by Crippen LogP contribution is -2.36. The molecule has 0 atom stereocenters. The Bertz CT molecular complexity index is 1090. The molecular weight excluding hydrogens is 362 g/mol. The molecule has 1 aliphatic heterocycles. The third-order valence-electron chi connectivity index (χ3n) is 4.74. The van der Waals surface area contributed by atoms with E-state index in [0.29, 0.717) is 48.8 Å². The summed E-state index contributed by atoms with van der Waals surface area (Å²) in [5.74, 6) is 1.24. The van der Waals surface area contributed by atoms with Gasteiger partial charge in [-0.25, -0.2) is 4.98 Å². The van der Waals surface area contributed by atoms with Crippen LogP contribution < -0.4 is 15.0 Å². The zero-order chi connectivity index (χ0) is 19.7. The van der Waals surface area contributed by atoms with Crippen molar-refractivity contribution in [3.63, 3.8) is 0 Å². The smallest absolute Gasteiger partial charge is 0.264 e. The number of amides is 1. The maximum absolute atomic E-state index is 12.8. The maximum Gasteiger partial charge on any atom is 0.264 e. The van der Waals surface area contributed by atoms with Crippen molar-refractivity contribution in [2.75, 3.05) is 19.8 Å². The monoisotopic (exact) mass is 383 g/mol. The quantitative estimate of drug-likeness (QED) is 0.651. The second kappa shape index (κ2) is 7.34. The Morgan fingerprint density at radius 1 is 1.25 bits per heavy atom. The molecule has 28 heavy (non-hydrogen) atoms. The SMILES string of the molecule is CCN(Cc1ccc2c(c1)OCCO2)C(=O)Cn1cnc2c(cnn2C)c1=O. The molecule has 0 N–H and O–H groups in total. The normalized spacial score (nSPS) is 12.9. The summed E-state index contributed by atoms with van der Waals surface area (Å²) in [7, 11) is 1.72. The summed E-state index contributed by atoms with van der Waals surface area (Å²) in [5.41, 5.74) is 1.16. The number of hydrogen-bond acceptors (Lipinski definition) is 6. The van der Waals surface area contributed by atoms with Gasteiger partial charge in [0, 0.05) is 20.1 Å². The summed E-state index contributed by atoms with van der Waals surface area (Å²) in [6, 6.07) is 5.66. The number of fused-ring (bicyclic) bond motifs is 2. The largest absolute Gasteiger partial charge is 0.486 e. The highest BCUT2D eigenvalue weighted by molar-refractivity contribution is 5.77. The van der Waals surface area contributed by atoms with E-state index < -0.39 is 0 Å². The minimum absolute atomic E-state index is 0.0743. The number of nitrogens with zero attached hydrogens (tertiary/aromatic N) is 5. The van der Waals surface area contributed by atoms with E-state index in [0.717, 1.165) is 5.56 Å². The zero-order valence-corrected chi connectivity index (χ0v) is 15.8. The molecule has 1 aliphatic rings. The van der Waals surface area contributed by atoms with Crippen LogP contribution in [-0.2, 0) is 24.9 Å². The van der Waals surface area contributed by atoms with Gasteiger partial charge < -0.3 is 14.4 Å². The van der Waals surface area contributed by atoms with E-state index in [9.17, 15) is 9.59 Å².